The van der Waals surface area contributed by atoms with Gasteiger partial charge in [0.1, 0.15) is 0 Å². The summed E-state index contributed by atoms with van der Waals surface area (Å²) in [6, 6.07) is -0.112. The van der Waals surface area contributed by atoms with Gasteiger partial charge in [-0.2, -0.15) is 0 Å². The van der Waals surface area contributed by atoms with Crippen molar-refractivity contribution in [1.82, 2.24) is 9.55 Å². The lowest BCUT2D eigenvalue weighted by molar-refractivity contribution is 0.191. The minimum Gasteiger partial charge on any atom is -0.383 e. The highest BCUT2D eigenvalue weighted by Crippen LogP contribution is 2.00. The number of halogens is 1. The molecule has 1 rings (SSSR count). The molecule has 0 aliphatic rings. The maximum Gasteiger partial charge on any atom is 0.293 e. The summed E-state index contributed by atoms with van der Waals surface area (Å²) in [5.74, 6) is 0.682. The summed E-state index contributed by atoms with van der Waals surface area (Å²) in [6.45, 7) is 3.14. The quantitative estimate of drug-likeness (QED) is 0.751. The van der Waals surface area contributed by atoms with E-state index in [0.717, 1.165) is 6.42 Å². The van der Waals surface area contributed by atoms with Crippen LogP contribution in [0.2, 0.25) is 0 Å². The predicted molar refractivity (Wildman–Crippen MR) is 68.8 cm³/mol. The Hall–Kier alpha value is -1.07. The van der Waals surface area contributed by atoms with E-state index < -0.39 is 0 Å². The van der Waals surface area contributed by atoms with Crippen molar-refractivity contribution in [3.05, 3.63) is 22.7 Å². The highest BCUT2D eigenvalue weighted by atomic mass is 35.5. The predicted octanol–water partition coefficient (Wildman–Crippen LogP) is 1.32. The molecule has 1 N–H and O–H groups in total. The van der Waals surface area contributed by atoms with Crippen molar-refractivity contribution in [3.63, 3.8) is 0 Å². The normalized spacial score (nSPS) is 12.4. The number of aromatic nitrogens is 2. The van der Waals surface area contributed by atoms with Crippen molar-refractivity contribution in [1.29, 1.82) is 0 Å². The number of nitrogens with zero attached hydrogens (tertiary/aromatic N) is 2. The zero-order valence-electron chi connectivity index (χ0n) is 10.1. The maximum absolute atomic E-state index is 12.0. The van der Waals surface area contributed by atoms with Gasteiger partial charge in [-0.25, -0.2) is 4.98 Å². The smallest absolute Gasteiger partial charge is 0.293 e. The lowest BCUT2D eigenvalue weighted by Crippen LogP contribution is -2.32. The molecule has 96 valence electrons. The molecule has 0 aromatic carbocycles. The SMILES string of the molecule is CCCn1ccnc(NC(CCl)COC)c1=O. The summed E-state index contributed by atoms with van der Waals surface area (Å²) >= 11 is 5.77. The first-order chi connectivity index (χ1) is 8.22. The Bertz CT molecular complexity index is 395. The first kappa shape index (κ1) is 14.0. The fourth-order valence-electron chi connectivity index (χ4n) is 1.48. The molecule has 17 heavy (non-hydrogen) atoms. The summed E-state index contributed by atoms with van der Waals surface area (Å²) in [6.07, 6.45) is 4.20. The van der Waals surface area contributed by atoms with Gasteiger partial charge in [-0.3, -0.25) is 4.79 Å². The summed E-state index contributed by atoms with van der Waals surface area (Å²) in [7, 11) is 1.59. The van der Waals surface area contributed by atoms with Crippen LogP contribution in [0, 0.1) is 0 Å². The van der Waals surface area contributed by atoms with E-state index in [9.17, 15) is 4.79 Å². The Morgan fingerprint density at radius 3 is 3.00 bits per heavy atom. The first-order valence-corrected chi connectivity index (χ1v) is 6.13. The third-order valence-corrected chi connectivity index (χ3v) is 2.65. The molecule has 6 heteroatoms. The first-order valence-electron chi connectivity index (χ1n) is 5.59. The molecule has 1 unspecified atom stereocenters. The standard InChI is InChI=1S/C11H18ClN3O2/c1-3-5-15-6-4-13-10(11(15)16)14-9(7-12)8-17-2/h4,6,9H,3,5,7-8H2,1-2H3,(H,13,14). The van der Waals surface area contributed by atoms with Crippen LogP contribution in [0.5, 0.6) is 0 Å². The van der Waals surface area contributed by atoms with Crippen molar-refractivity contribution in [3.8, 4) is 0 Å². The molecule has 1 aromatic heterocycles. The van der Waals surface area contributed by atoms with Gasteiger partial charge in [-0.1, -0.05) is 6.92 Å². The van der Waals surface area contributed by atoms with Crippen LogP contribution in [0.25, 0.3) is 0 Å². The fraction of sp³-hybridized carbons (Fsp3) is 0.636. The third-order valence-electron chi connectivity index (χ3n) is 2.27. The van der Waals surface area contributed by atoms with Gasteiger partial charge in [0, 0.05) is 31.9 Å². The van der Waals surface area contributed by atoms with Gasteiger partial charge in [-0.15, -0.1) is 11.6 Å². The monoisotopic (exact) mass is 259 g/mol. The highest BCUT2D eigenvalue weighted by molar-refractivity contribution is 6.18. The molecule has 0 amide bonds. The van der Waals surface area contributed by atoms with Crippen LogP contribution in [0.4, 0.5) is 5.82 Å². The molecule has 0 radical (unpaired) electrons. The van der Waals surface area contributed by atoms with E-state index >= 15 is 0 Å². The number of nitrogens with one attached hydrogen (secondary N) is 1. The number of anilines is 1. The second-order valence-electron chi connectivity index (χ2n) is 3.73. The lowest BCUT2D eigenvalue weighted by Gasteiger charge is -2.15. The molecule has 5 nitrogen and oxygen atoms in total. The maximum atomic E-state index is 12.0. The molecule has 0 aliphatic heterocycles. The summed E-state index contributed by atoms with van der Waals surface area (Å²) in [4.78, 5) is 16.0. The molecule has 0 fully saturated rings. The molecule has 0 saturated heterocycles. The zero-order chi connectivity index (χ0) is 12.7. The van der Waals surface area contributed by atoms with Crippen molar-refractivity contribution < 1.29 is 4.74 Å². The van der Waals surface area contributed by atoms with Crippen LogP contribution in [0.3, 0.4) is 0 Å². The number of ether oxygens (including phenoxy) is 1. The van der Waals surface area contributed by atoms with Gasteiger partial charge in [0.2, 0.25) is 0 Å². The fourth-order valence-corrected chi connectivity index (χ4v) is 1.65. The van der Waals surface area contributed by atoms with Crippen LogP contribution in [-0.2, 0) is 11.3 Å². The summed E-state index contributed by atoms with van der Waals surface area (Å²) in [5, 5.41) is 3.00. The third kappa shape index (κ3) is 4.02. The molecular formula is C11H18ClN3O2. The highest BCUT2D eigenvalue weighted by Gasteiger charge is 2.11. The molecule has 0 saturated carbocycles. The minimum atomic E-state index is -0.124. The van der Waals surface area contributed by atoms with Gasteiger partial charge in [-0.05, 0) is 6.42 Å². The van der Waals surface area contributed by atoms with Crippen molar-refractivity contribution in [2.45, 2.75) is 25.9 Å². The molecule has 0 aliphatic carbocycles. The van der Waals surface area contributed by atoms with E-state index in [-0.39, 0.29) is 11.6 Å². The van der Waals surface area contributed by atoms with E-state index in [1.165, 1.54) is 0 Å². The van der Waals surface area contributed by atoms with Crippen LogP contribution in [0.15, 0.2) is 17.2 Å². The second kappa shape index (κ2) is 7.29. The Morgan fingerprint density at radius 1 is 1.65 bits per heavy atom. The Morgan fingerprint density at radius 2 is 2.41 bits per heavy atom. The lowest BCUT2D eigenvalue weighted by atomic mass is 10.3. The molecule has 0 bridgehead atoms. The average Bonchev–Trinajstić information content (AvgIpc) is 2.33. The number of aryl methyl sites for hydroxylation is 1. The summed E-state index contributed by atoms with van der Waals surface area (Å²) in [5.41, 5.74) is -0.124. The number of hydrogen-bond acceptors (Lipinski definition) is 4. The number of methoxy groups -OCH3 is 1. The molecular weight excluding hydrogens is 242 g/mol. The van der Waals surface area contributed by atoms with Crippen molar-refractivity contribution in [2.24, 2.45) is 0 Å². The average molecular weight is 260 g/mol. The van der Waals surface area contributed by atoms with Crippen LogP contribution in [0.1, 0.15) is 13.3 Å². The second-order valence-corrected chi connectivity index (χ2v) is 4.03. The van der Waals surface area contributed by atoms with Crippen LogP contribution < -0.4 is 10.9 Å². The van der Waals surface area contributed by atoms with Gasteiger partial charge in [0.05, 0.1) is 12.6 Å². The van der Waals surface area contributed by atoms with Gasteiger partial charge >= 0.3 is 0 Å². The number of hydrogen-bond donors (Lipinski definition) is 1. The molecule has 1 heterocycles. The van der Waals surface area contributed by atoms with Crippen LogP contribution in [-0.4, -0.2) is 35.2 Å². The number of alkyl halides is 1. The Kier molecular flexibility index (Phi) is 6.00. The van der Waals surface area contributed by atoms with E-state index in [4.69, 9.17) is 16.3 Å². The van der Waals surface area contributed by atoms with E-state index in [0.29, 0.717) is 24.8 Å². The van der Waals surface area contributed by atoms with E-state index in [2.05, 4.69) is 10.3 Å². The van der Waals surface area contributed by atoms with Gasteiger partial charge < -0.3 is 14.6 Å². The molecule has 1 atom stereocenters. The van der Waals surface area contributed by atoms with E-state index in [1.54, 1.807) is 24.1 Å². The van der Waals surface area contributed by atoms with Crippen LogP contribution >= 0.6 is 11.6 Å². The molecule has 1 aromatic rings. The van der Waals surface area contributed by atoms with Crippen molar-refractivity contribution >= 4 is 17.4 Å². The van der Waals surface area contributed by atoms with Gasteiger partial charge in [0.15, 0.2) is 5.82 Å². The number of rotatable bonds is 7. The Balaban J connectivity index is 2.83. The van der Waals surface area contributed by atoms with Crippen molar-refractivity contribution in [2.75, 3.05) is 24.9 Å². The van der Waals surface area contributed by atoms with E-state index in [1.807, 2.05) is 6.92 Å². The largest absolute Gasteiger partial charge is 0.383 e. The van der Waals surface area contributed by atoms with Gasteiger partial charge in [0.25, 0.3) is 5.56 Å². The Labute approximate surface area is 106 Å². The topological polar surface area (TPSA) is 56.1 Å². The minimum absolute atomic E-state index is 0.112. The summed E-state index contributed by atoms with van der Waals surface area (Å²) < 4.78 is 6.63. The molecule has 0 spiro atoms. The zero-order valence-corrected chi connectivity index (χ0v) is 10.9.